The summed E-state index contributed by atoms with van der Waals surface area (Å²) in [7, 11) is 0. The third kappa shape index (κ3) is 4.39. The van der Waals surface area contributed by atoms with Gasteiger partial charge in [0.15, 0.2) is 5.82 Å². The van der Waals surface area contributed by atoms with E-state index in [0.29, 0.717) is 24.6 Å². The first-order valence-electron chi connectivity index (χ1n) is 7.35. The second kappa shape index (κ2) is 6.70. The molecule has 0 aliphatic heterocycles. The highest BCUT2D eigenvalue weighted by Crippen LogP contribution is 2.19. The van der Waals surface area contributed by atoms with Gasteiger partial charge < -0.3 is 11.1 Å². The zero-order chi connectivity index (χ0) is 16.2. The molecule has 2 rings (SSSR count). The molecule has 6 nitrogen and oxygen atoms in total. The molecule has 0 bridgehead atoms. The van der Waals surface area contributed by atoms with Crippen LogP contribution in [0.5, 0.6) is 0 Å². The lowest BCUT2D eigenvalue weighted by molar-refractivity contribution is -0.122. The maximum Gasteiger partial charge on any atom is 0.221 e. The quantitative estimate of drug-likeness (QED) is 0.785. The topological polar surface area (TPSA) is 96.7 Å². The van der Waals surface area contributed by atoms with Crippen LogP contribution in [0.1, 0.15) is 33.0 Å². The van der Waals surface area contributed by atoms with Crippen molar-refractivity contribution in [1.29, 1.82) is 0 Å². The van der Waals surface area contributed by atoms with Gasteiger partial charge in [-0.15, -0.1) is 0 Å². The SMILES string of the molecule is CC(C)(C)[C@H](N)CC(=O)NCc1nc(-c2ccccc2)n[nH]1. The van der Waals surface area contributed by atoms with Crippen LogP contribution in [0.3, 0.4) is 0 Å². The monoisotopic (exact) mass is 301 g/mol. The van der Waals surface area contributed by atoms with Gasteiger partial charge in [0, 0.05) is 18.0 Å². The molecular formula is C16H23N5O. The van der Waals surface area contributed by atoms with Crippen LogP contribution >= 0.6 is 0 Å². The summed E-state index contributed by atoms with van der Waals surface area (Å²) in [5, 5.41) is 9.80. The number of rotatable bonds is 5. The van der Waals surface area contributed by atoms with Gasteiger partial charge in [0.25, 0.3) is 0 Å². The number of aromatic nitrogens is 3. The maximum atomic E-state index is 11.9. The second-order valence-corrected chi connectivity index (χ2v) is 6.43. The molecule has 118 valence electrons. The fourth-order valence-electron chi connectivity index (χ4n) is 1.85. The Bertz CT molecular complexity index is 615. The van der Waals surface area contributed by atoms with Crippen molar-refractivity contribution < 1.29 is 4.79 Å². The standard InChI is InChI=1S/C16H23N5O/c1-16(2,3)12(17)9-14(22)18-10-13-19-15(21-20-13)11-7-5-4-6-8-11/h4-8,12H,9-10,17H2,1-3H3,(H,18,22)(H,19,20,21)/t12-/m1/s1. The lowest BCUT2D eigenvalue weighted by atomic mass is 9.85. The highest BCUT2D eigenvalue weighted by atomic mass is 16.1. The first-order valence-corrected chi connectivity index (χ1v) is 7.35. The van der Waals surface area contributed by atoms with E-state index in [1.165, 1.54) is 0 Å². The Hall–Kier alpha value is -2.21. The molecule has 2 aromatic rings. The van der Waals surface area contributed by atoms with Crippen LogP contribution in [0.2, 0.25) is 0 Å². The molecule has 4 N–H and O–H groups in total. The number of H-pyrrole nitrogens is 1. The normalized spacial score (nSPS) is 12.9. The number of hydrogen-bond acceptors (Lipinski definition) is 4. The van der Waals surface area contributed by atoms with E-state index in [1.54, 1.807) is 0 Å². The number of nitrogens with one attached hydrogen (secondary N) is 2. The molecule has 0 fully saturated rings. The minimum Gasteiger partial charge on any atom is -0.349 e. The number of hydrogen-bond donors (Lipinski definition) is 3. The largest absolute Gasteiger partial charge is 0.349 e. The van der Waals surface area contributed by atoms with Crippen molar-refractivity contribution in [3.8, 4) is 11.4 Å². The molecule has 1 aromatic carbocycles. The van der Waals surface area contributed by atoms with Gasteiger partial charge in [0.1, 0.15) is 5.82 Å². The van der Waals surface area contributed by atoms with Crippen LogP contribution in [0.25, 0.3) is 11.4 Å². The molecule has 0 spiro atoms. The zero-order valence-corrected chi connectivity index (χ0v) is 13.3. The van der Waals surface area contributed by atoms with E-state index < -0.39 is 0 Å². The summed E-state index contributed by atoms with van der Waals surface area (Å²) in [6.07, 6.45) is 0.295. The first kappa shape index (κ1) is 16.2. The molecule has 1 aromatic heterocycles. The van der Waals surface area contributed by atoms with Crippen molar-refractivity contribution in [1.82, 2.24) is 20.5 Å². The number of amides is 1. The van der Waals surface area contributed by atoms with E-state index in [4.69, 9.17) is 5.73 Å². The van der Waals surface area contributed by atoms with Crippen molar-refractivity contribution in [2.75, 3.05) is 0 Å². The molecule has 1 atom stereocenters. The van der Waals surface area contributed by atoms with Crippen LogP contribution in [-0.4, -0.2) is 27.1 Å². The maximum absolute atomic E-state index is 11.9. The van der Waals surface area contributed by atoms with E-state index in [2.05, 4.69) is 20.5 Å². The summed E-state index contributed by atoms with van der Waals surface area (Å²) in [4.78, 5) is 16.3. The molecule has 22 heavy (non-hydrogen) atoms. The lowest BCUT2D eigenvalue weighted by Gasteiger charge is -2.26. The number of aromatic amines is 1. The minimum atomic E-state index is -0.179. The summed E-state index contributed by atoms with van der Waals surface area (Å²) in [5.41, 5.74) is 6.85. The highest BCUT2D eigenvalue weighted by molar-refractivity contribution is 5.76. The zero-order valence-electron chi connectivity index (χ0n) is 13.3. The van der Waals surface area contributed by atoms with Crippen molar-refractivity contribution in [2.24, 2.45) is 11.1 Å². The summed E-state index contributed by atoms with van der Waals surface area (Å²) in [6, 6.07) is 9.50. The fraction of sp³-hybridized carbons (Fsp3) is 0.438. The van der Waals surface area contributed by atoms with Crippen LogP contribution in [0.15, 0.2) is 30.3 Å². The lowest BCUT2D eigenvalue weighted by Crippen LogP contribution is -2.40. The van der Waals surface area contributed by atoms with E-state index in [-0.39, 0.29) is 17.4 Å². The molecule has 0 saturated heterocycles. The fourth-order valence-corrected chi connectivity index (χ4v) is 1.85. The van der Waals surface area contributed by atoms with Gasteiger partial charge >= 0.3 is 0 Å². The van der Waals surface area contributed by atoms with Crippen LogP contribution < -0.4 is 11.1 Å². The summed E-state index contributed by atoms with van der Waals surface area (Å²) >= 11 is 0. The Morgan fingerprint density at radius 1 is 1.32 bits per heavy atom. The Kier molecular flexibility index (Phi) is 4.92. The number of carbonyl (C=O) groups is 1. The van der Waals surface area contributed by atoms with Crippen molar-refractivity contribution in [3.05, 3.63) is 36.2 Å². The molecule has 0 saturated carbocycles. The Morgan fingerprint density at radius 2 is 2.00 bits per heavy atom. The van der Waals surface area contributed by atoms with Gasteiger partial charge in [0.2, 0.25) is 5.91 Å². The van der Waals surface area contributed by atoms with Gasteiger partial charge in [-0.2, -0.15) is 5.10 Å². The molecule has 6 heteroatoms. The minimum absolute atomic E-state index is 0.0833. The number of benzene rings is 1. The Labute approximate surface area is 130 Å². The van der Waals surface area contributed by atoms with E-state index in [1.807, 2.05) is 51.1 Å². The molecule has 0 unspecified atom stereocenters. The molecule has 0 aliphatic rings. The third-order valence-corrected chi connectivity index (χ3v) is 3.53. The van der Waals surface area contributed by atoms with Gasteiger partial charge in [-0.1, -0.05) is 51.1 Å². The Balaban J connectivity index is 1.88. The van der Waals surface area contributed by atoms with Gasteiger partial charge in [-0.05, 0) is 5.41 Å². The summed E-state index contributed by atoms with van der Waals surface area (Å²) < 4.78 is 0. The first-order chi connectivity index (χ1) is 10.4. The summed E-state index contributed by atoms with van der Waals surface area (Å²) in [5.74, 6) is 1.16. The Morgan fingerprint density at radius 3 is 2.64 bits per heavy atom. The predicted molar refractivity (Wildman–Crippen MR) is 85.7 cm³/mol. The van der Waals surface area contributed by atoms with Crippen LogP contribution in [0, 0.1) is 5.41 Å². The highest BCUT2D eigenvalue weighted by Gasteiger charge is 2.23. The second-order valence-electron chi connectivity index (χ2n) is 6.43. The average Bonchev–Trinajstić information content (AvgIpc) is 2.94. The third-order valence-electron chi connectivity index (χ3n) is 3.53. The van der Waals surface area contributed by atoms with Crippen molar-refractivity contribution in [2.45, 2.75) is 39.8 Å². The summed E-state index contributed by atoms with van der Waals surface area (Å²) in [6.45, 7) is 6.38. The van der Waals surface area contributed by atoms with E-state index in [0.717, 1.165) is 5.56 Å². The molecule has 1 heterocycles. The van der Waals surface area contributed by atoms with Crippen molar-refractivity contribution >= 4 is 5.91 Å². The van der Waals surface area contributed by atoms with Gasteiger partial charge in [-0.25, -0.2) is 4.98 Å². The van der Waals surface area contributed by atoms with E-state index >= 15 is 0 Å². The molecular weight excluding hydrogens is 278 g/mol. The molecule has 1 amide bonds. The van der Waals surface area contributed by atoms with E-state index in [9.17, 15) is 4.79 Å². The number of carbonyl (C=O) groups excluding carboxylic acids is 1. The number of nitrogens with zero attached hydrogens (tertiary/aromatic N) is 2. The number of nitrogens with two attached hydrogens (primary N) is 1. The van der Waals surface area contributed by atoms with Gasteiger partial charge in [-0.3, -0.25) is 9.89 Å². The predicted octanol–water partition coefficient (Wildman–Crippen LogP) is 1.85. The van der Waals surface area contributed by atoms with Crippen molar-refractivity contribution in [3.63, 3.8) is 0 Å². The van der Waals surface area contributed by atoms with Gasteiger partial charge in [0.05, 0.1) is 6.54 Å². The van der Waals surface area contributed by atoms with Crippen LogP contribution in [-0.2, 0) is 11.3 Å². The van der Waals surface area contributed by atoms with Crippen LogP contribution in [0.4, 0.5) is 0 Å². The molecule has 0 aliphatic carbocycles. The smallest absolute Gasteiger partial charge is 0.221 e. The molecule has 0 radical (unpaired) electrons. The average molecular weight is 301 g/mol.